The number of hydrogen-bond donors (Lipinski definition) is 2. The molecule has 4 saturated carbocycles. The molecule has 8 heteroatoms. The number of hydrogen-bond acceptors (Lipinski definition) is 5. The lowest BCUT2D eigenvalue weighted by Gasteiger charge is -2.56. The van der Waals surface area contributed by atoms with Gasteiger partial charge in [-0.1, -0.05) is 13.8 Å². The molecule has 0 aromatic carbocycles. The summed E-state index contributed by atoms with van der Waals surface area (Å²) >= 11 is 0. The van der Waals surface area contributed by atoms with E-state index in [-0.39, 0.29) is 18.1 Å². The average Bonchev–Trinajstić information content (AvgIpc) is 2.87. The Labute approximate surface area is 183 Å². The predicted octanol–water partition coefficient (Wildman–Crippen LogP) is 2.36. The Bertz CT molecular complexity index is 744. The van der Waals surface area contributed by atoms with Gasteiger partial charge in [0.15, 0.2) is 6.61 Å². The molecule has 8 nitrogen and oxygen atoms in total. The van der Waals surface area contributed by atoms with Crippen LogP contribution < -0.4 is 10.6 Å². The van der Waals surface area contributed by atoms with Gasteiger partial charge in [-0.3, -0.25) is 19.3 Å². The Morgan fingerprint density at radius 1 is 1.13 bits per heavy atom. The molecule has 172 valence electrons. The first-order valence-corrected chi connectivity index (χ1v) is 11.7. The third-order valence-corrected chi connectivity index (χ3v) is 7.66. The van der Waals surface area contributed by atoms with Crippen molar-refractivity contribution >= 4 is 23.8 Å². The molecule has 5 aliphatic rings. The van der Waals surface area contributed by atoms with Crippen molar-refractivity contribution in [3.63, 3.8) is 0 Å². The van der Waals surface area contributed by atoms with Crippen molar-refractivity contribution in [3.05, 3.63) is 0 Å². The molecular weight excluding hydrogens is 398 g/mol. The first-order chi connectivity index (χ1) is 14.6. The summed E-state index contributed by atoms with van der Waals surface area (Å²) in [6.45, 7) is 4.92. The number of ether oxygens (including phenoxy) is 1. The van der Waals surface area contributed by atoms with Crippen molar-refractivity contribution in [3.8, 4) is 0 Å². The third kappa shape index (κ3) is 4.58. The van der Waals surface area contributed by atoms with Crippen LogP contribution in [0.25, 0.3) is 0 Å². The van der Waals surface area contributed by atoms with Gasteiger partial charge < -0.3 is 15.4 Å². The Kier molecular flexibility index (Phi) is 5.77. The summed E-state index contributed by atoms with van der Waals surface area (Å²) < 4.78 is 5.12. The molecular formula is C23H35N3O5. The van der Waals surface area contributed by atoms with Gasteiger partial charge in [0.1, 0.15) is 12.1 Å². The second-order valence-electron chi connectivity index (χ2n) is 11.0. The van der Waals surface area contributed by atoms with Crippen LogP contribution in [0.3, 0.4) is 0 Å². The number of nitrogens with one attached hydrogen (secondary N) is 2. The minimum atomic E-state index is -1.00. The van der Waals surface area contributed by atoms with Gasteiger partial charge in [0.2, 0.25) is 0 Å². The van der Waals surface area contributed by atoms with E-state index in [9.17, 15) is 19.2 Å². The number of amides is 4. The molecule has 0 unspecified atom stereocenters. The average molecular weight is 434 g/mol. The molecule has 0 radical (unpaired) electrons. The molecule has 5 rings (SSSR count). The number of carbonyl (C=O) groups excluding carboxylic acids is 4. The maximum absolute atomic E-state index is 12.7. The summed E-state index contributed by atoms with van der Waals surface area (Å²) in [5.74, 6) is 1.05. The van der Waals surface area contributed by atoms with Crippen LogP contribution >= 0.6 is 0 Å². The van der Waals surface area contributed by atoms with Crippen molar-refractivity contribution in [1.82, 2.24) is 15.5 Å². The predicted molar refractivity (Wildman–Crippen MR) is 113 cm³/mol. The molecule has 0 spiro atoms. The fourth-order valence-electron chi connectivity index (χ4n) is 6.55. The fourth-order valence-corrected chi connectivity index (χ4v) is 6.55. The van der Waals surface area contributed by atoms with Gasteiger partial charge in [0.05, 0.1) is 0 Å². The van der Waals surface area contributed by atoms with E-state index in [0.717, 1.165) is 30.6 Å². The lowest BCUT2D eigenvalue weighted by atomic mass is 9.53. The highest BCUT2D eigenvalue weighted by Crippen LogP contribution is 2.55. The fraction of sp³-hybridized carbons (Fsp3) is 0.826. The Hall–Kier alpha value is -2.12. The molecule has 1 saturated heterocycles. The summed E-state index contributed by atoms with van der Waals surface area (Å²) in [5.41, 5.74) is -1.14. The second kappa shape index (κ2) is 8.10. The molecule has 4 amide bonds. The molecule has 1 heterocycles. The van der Waals surface area contributed by atoms with Crippen LogP contribution in [0.4, 0.5) is 4.79 Å². The minimum absolute atomic E-state index is 0.138. The largest absolute Gasteiger partial charge is 0.454 e. The monoisotopic (exact) mass is 433 g/mol. The van der Waals surface area contributed by atoms with E-state index in [1.54, 1.807) is 6.92 Å². The van der Waals surface area contributed by atoms with Gasteiger partial charge in [-0.05, 0) is 82.0 Å². The van der Waals surface area contributed by atoms with Crippen molar-refractivity contribution in [2.75, 3.05) is 13.2 Å². The van der Waals surface area contributed by atoms with Crippen LogP contribution in [0.1, 0.15) is 72.1 Å². The topological polar surface area (TPSA) is 105 Å². The highest BCUT2D eigenvalue weighted by molar-refractivity contribution is 6.08. The van der Waals surface area contributed by atoms with E-state index in [4.69, 9.17) is 4.74 Å². The molecule has 0 aromatic rings. The van der Waals surface area contributed by atoms with Crippen LogP contribution in [0.5, 0.6) is 0 Å². The number of rotatable bonds is 8. The molecule has 5 fully saturated rings. The molecule has 2 N–H and O–H groups in total. The molecule has 4 aliphatic carbocycles. The number of urea groups is 1. The first-order valence-electron chi connectivity index (χ1n) is 11.7. The number of carbonyl (C=O) groups is 4. The summed E-state index contributed by atoms with van der Waals surface area (Å²) in [6, 6.07) is -0.591. The maximum atomic E-state index is 12.7. The number of imide groups is 1. The molecule has 1 aliphatic heterocycles. The van der Waals surface area contributed by atoms with Crippen LogP contribution in [-0.4, -0.2) is 52.9 Å². The van der Waals surface area contributed by atoms with Crippen LogP contribution in [0, 0.1) is 23.7 Å². The maximum Gasteiger partial charge on any atom is 0.326 e. The summed E-state index contributed by atoms with van der Waals surface area (Å²) in [5, 5.41) is 5.85. The van der Waals surface area contributed by atoms with Crippen LogP contribution in [0.15, 0.2) is 0 Å². The van der Waals surface area contributed by atoms with E-state index in [1.165, 1.54) is 19.3 Å². The van der Waals surface area contributed by atoms with Crippen LogP contribution in [0.2, 0.25) is 0 Å². The second-order valence-corrected chi connectivity index (χ2v) is 11.0. The van der Waals surface area contributed by atoms with E-state index in [1.807, 2.05) is 13.8 Å². The number of esters is 1. The highest BCUT2D eigenvalue weighted by atomic mass is 16.5. The van der Waals surface area contributed by atoms with Gasteiger partial charge in [0, 0.05) is 5.54 Å². The van der Waals surface area contributed by atoms with Gasteiger partial charge in [-0.25, -0.2) is 4.79 Å². The molecule has 0 aromatic heterocycles. The third-order valence-electron chi connectivity index (χ3n) is 7.66. The van der Waals surface area contributed by atoms with E-state index in [0.29, 0.717) is 30.1 Å². The van der Waals surface area contributed by atoms with E-state index in [2.05, 4.69) is 10.6 Å². The quantitative estimate of drug-likeness (QED) is 0.452. The summed E-state index contributed by atoms with van der Waals surface area (Å²) in [4.78, 5) is 50.6. The van der Waals surface area contributed by atoms with Crippen molar-refractivity contribution in [2.45, 2.75) is 83.2 Å². The zero-order valence-electron chi connectivity index (χ0n) is 18.9. The van der Waals surface area contributed by atoms with E-state index < -0.39 is 30.0 Å². The summed E-state index contributed by atoms with van der Waals surface area (Å²) in [6.07, 6.45) is 8.21. The first kappa shape index (κ1) is 22.1. The minimum Gasteiger partial charge on any atom is -0.454 e. The molecule has 1 atom stereocenters. The lowest BCUT2D eigenvalue weighted by Crippen LogP contribution is -2.60. The molecule has 31 heavy (non-hydrogen) atoms. The van der Waals surface area contributed by atoms with E-state index >= 15 is 0 Å². The highest BCUT2D eigenvalue weighted by Gasteiger charge is 2.52. The van der Waals surface area contributed by atoms with Gasteiger partial charge in [-0.15, -0.1) is 0 Å². The van der Waals surface area contributed by atoms with Crippen molar-refractivity contribution in [2.24, 2.45) is 23.7 Å². The SMILES string of the molecule is CC(C)CC[C@]1(C)NC(=O)N(CC(=O)OCC(=O)NC23CC4CC(CC(C4)C2)C3)C1=O. The lowest BCUT2D eigenvalue weighted by molar-refractivity contribution is -0.152. The smallest absolute Gasteiger partial charge is 0.326 e. The zero-order valence-corrected chi connectivity index (χ0v) is 18.9. The van der Waals surface area contributed by atoms with Crippen molar-refractivity contribution < 1.29 is 23.9 Å². The molecule has 4 bridgehead atoms. The van der Waals surface area contributed by atoms with Crippen LogP contribution in [-0.2, 0) is 19.1 Å². The normalized spacial score (nSPS) is 36.1. The Balaban J connectivity index is 1.25. The summed E-state index contributed by atoms with van der Waals surface area (Å²) in [7, 11) is 0. The Morgan fingerprint density at radius 3 is 2.26 bits per heavy atom. The standard InChI is InChI=1S/C23H35N3O5/c1-14(2)4-5-22(3)20(29)26(21(30)25-22)12-19(28)31-13-18(27)24-23-9-15-6-16(10-23)8-17(7-15)11-23/h14-17H,4-13H2,1-3H3,(H,24,27)(H,25,30)/t15?,16?,17?,22-,23?/m0/s1. The number of nitrogens with zero attached hydrogens (tertiary/aromatic N) is 1. The van der Waals surface area contributed by atoms with Gasteiger partial charge >= 0.3 is 12.0 Å². The van der Waals surface area contributed by atoms with Gasteiger partial charge in [-0.2, -0.15) is 0 Å². The van der Waals surface area contributed by atoms with Gasteiger partial charge in [0.25, 0.3) is 11.8 Å². The Morgan fingerprint density at radius 2 is 1.71 bits per heavy atom. The van der Waals surface area contributed by atoms with Crippen molar-refractivity contribution in [1.29, 1.82) is 0 Å². The zero-order chi connectivity index (χ0) is 22.4.